The van der Waals surface area contributed by atoms with Crippen molar-refractivity contribution in [3.05, 3.63) is 114 Å². The van der Waals surface area contributed by atoms with E-state index in [1.54, 1.807) is 24.3 Å². The summed E-state index contributed by atoms with van der Waals surface area (Å²) in [6, 6.07) is 25.8. The topological polar surface area (TPSA) is 78.1 Å². The molecule has 0 aliphatic carbocycles. The molecular formula is C31H32N6O2. The summed E-state index contributed by atoms with van der Waals surface area (Å²) in [6.07, 6.45) is 5.50. The van der Waals surface area contributed by atoms with Crippen LogP contribution < -0.4 is 4.74 Å². The lowest BCUT2D eigenvalue weighted by molar-refractivity contribution is -0.136. The number of carbonyl (C=O) groups is 1. The number of carbonyl (C=O) groups excluding carboxylic acids is 1. The van der Waals surface area contributed by atoms with Crippen molar-refractivity contribution in [1.29, 1.82) is 0 Å². The predicted octanol–water partition coefficient (Wildman–Crippen LogP) is 5.80. The Kier molecular flexibility index (Phi) is 7.54. The first-order valence-electron chi connectivity index (χ1n) is 12.9. The molecule has 0 spiro atoms. The third kappa shape index (κ3) is 5.60. The number of nitrogens with zero attached hydrogens (tertiary/aromatic N) is 6. The lowest BCUT2D eigenvalue weighted by atomic mass is 10.0. The molecule has 1 amide bonds. The fraction of sp³-hybridized carbons (Fsp3) is 0.226. The molecule has 1 unspecified atom stereocenters. The van der Waals surface area contributed by atoms with Gasteiger partial charge in [-0.15, -0.1) is 5.10 Å². The number of imidazole rings is 1. The zero-order chi connectivity index (χ0) is 27.4. The summed E-state index contributed by atoms with van der Waals surface area (Å²) < 4.78 is 9.16. The Morgan fingerprint density at radius 3 is 2.13 bits per heavy atom. The first-order chi connectivity index (χ1) is 18.9. The molecule has 0 saturated carbocycles. The highest BCUT2D eigenvalue weighted by molar-refractivity contribution is 5.77. The second kappa shape index (κ2) is 11.3. The van der Waals surface area contributed by atoms with E-state index in [0.717, 1.165) is 28.1 Å². The van der Waals surface area contributed by atoms with E-state index in [4.69, 9.17) is 4.74 Å². The van der Waals surface area contributed by atoms with Crippen LogP contribution in [0.5, 0.6) is 5.75 Å². The molecule has 0 aliphatic rings. The van der Waals surface area contributed by atoms with Crippen LogP contribution in [-0.2, 0) is 11.3 Å². The van der Waals surface area contributed by atoms with Crippen molar-refractivity contribution in [2.45, 2.75) is 39.4 Å². The smallest absolute Gasteiger partial charge is 0.245 e. The number of ether oxygens (including phenoxy) is 1. The van der Waals surface area contributed by atoms with Gasteiger partial charge in [0.1, 0.15) is 18.0 Å². The Hall–Kier alpha value is -4.72. The zero-order valence-corrected chi connectivity index (χ0v) is 22.6. The second-order valence-corrected chi connectivity index (χ2v) is 9.58. The van der Waals surface area contributed by atoms with Crippen LogP contribution in [0.3, 0.4) is 0 Å². The number of methoxy groups -OCH3 is 1. The Bertz CT molecular complexity index is 1500. The van der Waals surface area contributed by atoms with Gasteiger partial charge in [-0.3, -0.25) is 4.79 Å². The van der Waals surface area contributed by atoms with E-state index in [9.17, 15) is 4.79 Å². The van der Waals surface area contributed by atoms with Crippen LogP contribution in [0.15, 0.2) is 97.6 Å². The summed E-state index contributed by atoms with van der Waals surface area (Å²) in [5, 5.41) is 8.64. The van der Waals surface area contributed by atoms with Gasteiger partial charge in [-0.05, 0) is 44.0 Å². The second-order valence-electron chi connectivity index (χ2n) is 9.58. The van der Waals surface area contributed by atoms with Gasteiger partial charge in [0.25, 0.3) is 0 Å². The molecule has 0 aliphatic heterocycles. The maximum absolute atomic E-state index is 13.8. The molecule has 3 aromatic carbocycles. The SMILES string of the molecule is COc1cc(-c2cn(CC(=O)N(C(C)c3ccccc3)[C@@H](C)c3ccccc3)nn2)ccc1-n1cnc(C)c1. The standard InChI is InChI=1S/C31H32N6O2/c1-22-18-35(21-32-22)29-16-15-27(17-30(29)39-4)28-19-36(34-33-28)20-31(38)37(23(2)25-11-7-5-8-12-25)24(3)26-13-9-6-10-14-26/h5-19,21,23-24H,20H2,1-4H3/t23-,24?/m0/s1. The minimum Gasteiger partial charge on any atom is -0.495 e. The minimum atomic E-state index is -0.125. The summed E-state index contributed by atoms with van der Waals surface area (Å²) in [5.74, 6) is 0.651. The highest BCUT2D eigenvalue weighted by Gasteiger charge is 2.28. The molecule has 5 aromatic rings. The molecule has 2 aromatic heterocycles. The Labute approximate surface area is 228 Å². The van der Waals surface area contributed by atoms with E-state index in [1.165, 1.54) is 0 Å². The van der Waals surface area contributed by atoms with Gasteiger partial charge in [0.15, 0.2) is 0 Å². The molecule has 0 radical (unpaired) electrons. The number of aromatic nitrogens is 5. The van der Waals surface area contributed by atoms with Crippen molar-refractivity contribution in [1.82, 2.24) is 29.4 Å². The molecule has 0 saturated heterocycles. The van der Waals surface area contributed by atoms with Gasteiger partial charge < -0.3 is 14.2 Å². The Balaban J connectivity index is 1.39. The summed E-state index contributed by atoms with van der Waals surface area (Å²) in [4.78, 5) is 20.0. The van der Waals surface area contributed by atoms with Gasteiger partial charge in [-0.25, -0.2) is 9.67 Å². The van der Waals surface area contributed by atoms with Crippen molar-refractivity contribution in [2.24, 2.45) is 0 Å². The molecule has 198 valence electrons. The normalized spacial score (nSPS) is 12.6. The maximum atomic E-state index is 13.8. The number of hydrogen-bond acceptors (Lipinski definition) is 5. The van der Waals surface area contributed by atoms with Crippen LogP contribution in [0.1, 0.15) is 42.8 Å². The third-order valence-corrected chi connectivity index (χ3v) is 6.99. The number of hydrogen-bond donors (Lipinski definition) is 0. The van der Waals surface area contributed by atoms with Gasteiger partial charge in [0, 0.05) is 11.8 Å². The molecule has 39 heavy (non-hydrogen) atoms. The first kappa shape index (κ1) is 25.9. The van der Waals surface area contributed by atoms with Crippen LogP contribution in [0.4, 0.5) is 0 Å². The Morgan fingerprint density at radius 1 is 0.923 bits per heavy atom. The van der Waals surface area contributed by atoms with Crippen molar-refractivity contribution >= 4 is 5.91 Å². The van der Waals surface area contributed by atoms with E-state index in [0.29, 0.717) is 11.4 Å². The van der Waals surface area contributed by atoms with Crippen LogP contribution in [0.2, 0.25) is 0 Å². The number of aryl methyl sites for hydroxylation is 1. The van der Waals surface area contributed by atoms with E-state index in [1.807, 2.05) is 77.2 Å². The van der Waals surface area contributed by atoms with Crippen LogP contribution in [-0.4, -0.2) is 42.5 Å². The zero-order valence-electron chi connectivity index (χ0n) is 22.6. The predicted molar refractivity (Wildman–Crippen MR) is 150 cm³/mol. The van der Waals surface area contributed by atoms with Crippen LogP contribution >= 0.6 is 0 Å². The van der Waals surface area contributed by atoms with E-state index >= 15 is 0 Å². The highest BCUT2D eigenvalue weighted by atomic mass is 16.5. The summed E-state index contributed by atoms with van der Waals surface area (Å²) >= 11 is 0. The molecule has 2 atom stereocenters. The van der Waals surface area contributed by atoms with Crippen molar-refractivity contribution in [2.75, 3.05) is 7.11 Å². The summed E-state index contributed by atoms with van der Waals surface area (Å²) in [5.41, 5.74) is 5.46. The Morgan fingerprint density at radius 2 is 1.56 bits per heavy atom. The quantitative estimate of drug-likeness (QED) is 0.246. The average Bonchev–Trinajstić information content (AvgIpc) is 3.62. The highest BCUT2D eigenvalue weighted by Crippen LogP contribution is 2.32. The number of rotatable bonds is 9. The summed E-state index contributed by atoms with van der Waals surface area (Å²) in [6.45, 7) is 6.15. The van der Waals surface area contributed by atoms with Gasteiger partial charge in [0.2, 0.25) is 5.91 Å². The fourth-order valence-corrected chi connectivity index (χ4v) is 4.88. The first-order valence-corrected chi connectivity index (χ1v) is 12.9. The van der Waals surface area contributed by atoms with E-state index in [-0.39, 0.29) is 24.5 Å². The third-order valence-electron chi connectivity index (χ3n) is 6.99. The monoisotopic (exact) mass is 520 g/mol. The number of amides is 1. The molecular weight excluding hydrogens is 488 g/mol. The molecule has 2 heterocycles. The van der Waals surface area contributed by atoms with Crippen molar-refractivity contribution in [3.8, 4) is 22.7 Å². The number of benzene rings is 3. The minimum absolute atomic E-state index is 0.0393. The summed E-state index contributed by atoms with van der Waals surface area (Å²) in [7, 11) is 1.64. The lowest BCUT2D eigenvalue weighted by Gasteiger charge is -2.35. The van der Waals surface area contributed by atoms with Crippen molar-refractivity contribution < 1.29 is 9.53 Å². The molecule has 0 N–H and O–H groups in total. The van der Waals surface area contributed by atoms with Gasteiger partial charge in [-0.1, -0.05) is 71.9 Å². The largest absolute Gasteiger partial charge is 0.495 e. The van der Waals surface area contributed by atoms with Crippen LogP contribution in [0.25, 0.3) is 16.9 Å². The van der Waals surface area contributed by atoms with E-state index in [2.05, 4.69) is 53.4 Å². The molecule has 8 heteroatoms. The lowest BCUT2D eigenvalue weighted by Crippen LogP contribution is -2.38. The van der Waals surface area contributed by atoms with Crippen LogP contribution in [0, 0.1) is 6.92 Å². The van der Waals surface area contributed by atoms with Gasteiger partial charge in [-0.2, -0.15) is 0 Å². The average molecular weight is 521 g/mol. The molecule has 5 rings (SSSR count). The molecule has 8 nitrogen and oxygen atoms in total. The molecule has 0 fully saturated rings. The van der Waals surface area contributed by atoms with Gasteiger partial charge >= 0.3 is 0 Å². The van der Waals surface area contributed by atoms with E-state index < -0.39 is 0 Å². The fourth-order valence-electron chi connectivity index (χ4n) is 4.88. The maximum Gasteiger partial charge on any atom is 0.245 e. The van der Waals surface area contributed by atoms with Crippen molar-refractivity contribution in [3.63, 3.8) is 0 Å². The van der Waals surface area contributed by atoms with Gasteiger partial charge in [0.05, 0.1) is 43.1 Å². The molecule has 0 bridgehead atoms.